The first kappa shape index (κ1) is 27.8. The lowest BCUT2D eigenvalue weighted by Gasteiger charge is -2.29. The van der Waals surface area contributed by atoms with Gasteiger partial charge in [0.2, 0.25) is 5.91 Å². The first-order valence-corrected chi connectivity index (χ1v) is 13.5. The van der Waals surface area contributed by atoms with Crippen molar-refractivity contribution in [3.05, 3.63) is 84.6 Å². The van der Waals surface area contributed by atoms with Gasteiger partial charge in [0.15, 0.2) is 5.82 Å². The van der Waals surface area contributed by atoms with Crippen LogP contribution in [0.15, 0.2) is 77.4 Å². The molecule has 12 heteroatoms. The van der Waals surface area contributed by atoms with Gasteiger partial charge >= 0.3 is 6.03 Å². The van der Waals surface area contributed by atoms with E-state index in [1.54, 1.807) is 42.5 Å². The van der Waals surface area contributed by atoms with Crippen molar-refractivity contribution in [2.45, 2.75) is 6.92 Å². The van der Waals surface area contributed by atoms with Crippen molar-refractivity contribution in [3.8, 4) is 22.7 Å². The Morgan fingerprint density at radius 1 is 0.860 bits per heavy atom. The number of halogens is 2. The van der Waals surface area contributed by atoms with Gasteiger partial charge in [0, 0.05) is 42.3 Å². The number of benzene rings is 3. The lowest BCUT2D eigenvalue weighted by Crippen LogP contribution is -2.37. The van der Waals surface area contributed by atoms with Crippen molar-refractivity contribution in [2.75, 3.05) is 47.2 Å². The first-order chi connectivity index (χ1) is 20.8. The van der Waals surface area contributed by atoms with Gasteiger partial charge in [-0.15, -0.1) is 0 Å². The molecule has 1 saturated heterocycles. The molecule has 3 N–H and O–H groups in total. The van der Waals surface area contributed by atoms with Crippen molar-refractivity contribution in [3.63, 3.8) is 0 Å². The van der Waals surface area contributed by atoms with E-state index in [0.29, 0.717) is 71.4 Å². The number of hydrogen-bond acceptors (Lipinski definition) is 7. The lowest BCUT2D eigenvalue weighted by molar-refractivity contribution is -0.114. The summed E-state index contributed by atoms with van der Waals surface area (Å²) in [5.41, 5.74) is 2.20. The normalized spacial score (nSPS) is 13.1. The number of nitrogens with one attached hydrogen (secondary N) is 3. The highest BCUT2D eigenvalue weighted by molar-refractivity contribution is 6.00. The van der Waals surface area contributed by atoms with Crippen LogP contribution in [0.3, 0.4) is 0 Å². The van der Waals surface area contributed by atoms with Crippen molar-refractivity contribution >= 4 is 45.7 Å². The molecule has 0 saturated carbocycles. The van der Waals surface area contributed by atoms with Crippen molar-refractivity contribution in [2.24, 2.45) is 0 Å². The van der Waals surface area contributed by atoms with E-state index in [0.717, 1.165) is 6.07 Å². The third kappa shape index (κ3) is 6.14. The fraction of sp³-hybridized carbons (Fsp3) is 0.161. The van der Waals surface area contributed by atoms with Crippen LogP contribution in [-0.2, 0) is 9.53 Å². The molecule has 3 aromatic carbocycles. The number of fused-ring (bicyclic) bond motifs is 1. The Morgan fingerprint density at radius 3 is 2.33 bits per heavy atom. The minimum atomic E-state index is -0.698. The molecule has 5 aromatic rings. The molecule has 218 valence electrons. The van der Waals surface area contributed by atoms with Crippen LogP contribution in [0.4, 0.5) is 36.5 Å². The highest BCUT2D eigenvalue weighted by atomic mass is 19.1. The van der Waals surface area contributed by atoms with Gasteiger partial charge in [-0.25, -0.2) is 23.5 Å². The highest BCUT2D eigenvalue weighted by Crippen LogP contribution is 2.34. The Kier molecular flexibility index (Phi) is 7.67. The number of hydrogen-bond donors (Lipinski definition) is 3. The summed E-state index contributed by atoms with van der Waals surface area (Å²) in [5.74, 6) is -0.0588. The average molecular weight is 585 g/mol. The molecule has 0 unspecified atom stereocenters. The standard InChI is InChI=1S/C31H26F2N6O4/c1-18(40)34-21-8-9-26(25(33)15-21)37-31(41)35-20-6-4-19(5-7-20)29-36-27-17-22(28-3-2-12-43-28)24(32)16-23(27)30(38-29)39-10-13-42-14-11-39/h2-9,12,15-17H,10-11,13-14H2,1H3,(H,34,40)(H2,35,37,41). The summed E-state index contributed by atoms with van der Waals surface area (Å²) >= 11 is 0. The van der Waals surface area contributed by atoms with E-state index in [-0.39, 0.29) is 17.3 Å². The van der Waals surface area contributed by atoms with E-state index in [1.165, 1.54) is 31.4 Å². The maximum Gasteiger partial charge on any atom is 0.323 e. The van der Waals surface area contributed by atoms with E-state index in [2.05, 4.69) is 16.0 Å². The minimum absolute atomic E-state index is 0.0474. The van der Waals surface area contributed by atoms with Crippen LogP contribution < -0.4 is 20.9 Å². The molecule has 0 spiro atoms. The number of furan rings is 1. The quantitative estimate of drug-likeness (QED) is 0.215. The number of nitrogens with zero attached hydrogens (tertiary/aromatic N) is 3. The monoisotopic (exact) mass is 584 g/mol. The van der Waals surface area contributed by atoms with Gasteiger partial charge in [-0.05, 0) is 66.7 Å². The van der Waals surface area contributed by atoms with Gasteiger partial charge in [0.05, 0.1) is 36.2 Å². The van der Waals surface area contributed by atoms with E-state index in [1.807, 2.05) is 4.90 Å². The maximum atomic E-state index is 15.2. The van der Waals surface area contributed by atoms with E-state index in [4.69, 9.17) is 19.1 Å². The predicted octanol–water partition coefficient (Wildman–Crippen LogP) is 6.27. The molecular formula is C31H26F2N6O4. The van der Waals surface area contributed by atoms with Crippen LogP contribution in [0.1, 0.15) is 6.92 Å². The molecule has 0 atom stereocenters. The maximum absolute atomic E-state index is 15.2. The molecule has 1 fully saturated rings. The summed E-state index contributed by atoms with van der Waals surface area (Å²) in [5, 5.41) is 8.17. The Balaban J connectivity index is 1.26. The zero-order chi connectivity index (χ0) is 29.9. The number of carbonyl (C=O) groups is 2. The summed E-state index contributed by atoms with van der Waals surface area (Å²) in [7, 11) is 0. The van der Waals surface area contributed by atoms with E-state index < -0.39 is 17.7 Å². The van der Waals surface area contributed by atoms with Crippen molar-refractivity contribution < 1.29 is 27.5 Å². The molecular weight excluding hydrogens is 558 g/mol. The number of aromatic nitrogens is 2. The SMILES string of the molecule is CC(=O)Nc1ccc(NC(=O)Nc2ccc(-c3nc(N4CCOCC4)c4cc(F)c(-c5ccco5)cc4n3)cc2)c(F)c1. The predicted molar refractivity (Wildman–Crippen MR) is 159 cm³/mol. The van der Waals surface area contributed by atoms with Gasteiger partial charge in [-0.3, -0.25) is 4.79 Å². The molecule has 3 heterocycles. The Morgan fingerprint density at radius 2 is 1.63 bits per heavy atom. The molecule has 6 rings (SSSR count). The topological polar surface area (TPSA) is 122 Å². The van der Waals surface area contributed by atoms with Crippen LogP contribution in [0.2, 0.25) is 0 Å². The first-order valence-electron chi connectivity index (χ1n) is 13.5. The van der Waals surface area contributed by atoms with Crippen molar-refractivity contribution in [1.29, 1.82) is 0 Å². The fourth-order valence-electron chi connectivity index (χ4n) is 4.78. The Hall–Kier alpha value is -5.36. The highest BCUT2D eigenvalue weighted by Gasteiger charge is 2.21. The van der Waals surface area contributed by atoms with Gasteiger partial charge in [0.1, 0.15) is 23.2 Å². The third-order valence-electron chi connectivity index (χ3n) is 6.80. The molecule has 1 aliphatic heterocycles. The third-order valence-corrected chi connectivity index (χ3v) is 6.80. The summed E-state index contributed by atoms with van der Waals surface area (Å²) in [6.45, 7) is 3.57. The second-order valence-corrected chi connectivity index (χ2v) is 9.83. The molecule has 1 aliphatic rings. The fourth-order valence-corrected chi connectivity index (χ4v) is 4.78. The van der Waals surface area contributed by atoms with E-state index in [9.17, 15) is 14.0 Å². The van der Waals surface area contributed by atoms with Gasteiger partial charge in [0.25, 0.3) is 0 Å². The van der Waals surface area contributed by atoms with Crippen LogP contribution in [0.25, 0.3) is 33.6 Å². The molecule has 0 radical (unpaired) electrons. The zero-order valence-corrected chi connectivity index (χ0v) is 23.0. The van der Waals surface area contributed by atoms with Crippen LogP contribution in [0, 0.1) is 11.6 Å². The number of urea groups is 1. The largest absolute Gasteiger partial charge is 0.464 e. The summed E-state index contributed by atoms with van der Waals surface area (Å²) < 4.78 is 40.5. The number of morpholine rings is 1. The van der Waals surface area contributed by atoms with Crippen molar-refractivity contribution in [1.82, 2.24) is 9.97 Å². The van der Waals surface area contributed by atoms with Gasteiger partial charge in [-0.1, -0.05) is 0 Å². The number of rotatable bonds is 6. The second-order valence-electron chi connectivity index (χ2n) is 9.83. The molecule has 43 heavy (non-hydrogen) atoms. The van der Waals surface area contributed by atoms with Crippen LogP contribution >= 0.6 is 0 Å². The number of anilines is 4. The molecule has 10 nitrogen and oxygen atoms in total. The summed E-state index contributed by atoms with van der Waals surface area (Å²) in [6.07, 6.45) is 1.49. The number of ether oxygens (including phenoxy) is 1. The van der Waals surface area contributed by atoms with Crippen LogP contribution in [-0.4, -0.2) is 48.2 Å². The summed E-state index contributed by atoms with van der Waals surface area (Å²) in [6, 6.07) is 16.6. The van der Waals surface area contributed by atoms with Gasteiger partial charge < -0.3 is 30.0 Å². The van der Waals surface area contributed by atoms with Gasteiger partial charge in [-0.2, -0.15) is 0 Å². The second kappa shape index (κ2) is 11.9. The zero-order valence-electron chi connectivity index (χ0n) is 23.0. The average Bonchev–Trinajstić information content (AvgIpc) is 3.53. The summed E-state index contributed by atoms with van der Waals surface area (Å²) in [4.78, 5) is 35.3. The Labute approximate surface area is 244 Å². The molecule has 0 aliphatic carbocycles. The number of carbonyl (C=O) groups excluding carboxylic acids is 2. The number of amides is 3. The molecule has 0 bridgehead atoms. The Bertz CT molecular complexity index is 1810. The smallest absolute Gasteiger partial charge is 0.323 e. The molecule has 3 amide bonds. The van der Waals surface area contributed by atoms with Crippen LogP contribution in [0.5, 0.6) is 0 Å². The lowest BCUT2D eigenvalue weighted by atomic mass is 10.1. The van der Waals surface area contributed by atoms with E-state index >= 15 is 4.39 Å². The minimum Gasteiger partial charge on any atom is -0.464 e. The molecule has 2 aromatic heterocycles.